The molecule has 1 aromatic rings. The lowest BCUT2D eigenvalue weighted by atomic mass is 9.93. The van der Waals surface area contributed by atoms with E-state index in [4.69, 9.17) is 33.7 Å². The molecule has 90 valence electrons. The molecule has 1 aromatic carbocycles. The molecule has 0 bridgehead atoms. The van der Waals surface area contributed by atoms with Gasteiger partial charge in [-0.25, -0.2) is 0 Å². The van der Waals surface area contributed by atoms with Crippen molar-refractivity contribution in [3.05, 3.63) is 33.8 Å². The molecule has 0 aliphatic heterocycles. The van der Waals surface area contributed by atoms with E-state index < -0.39 is 5.60 Å². The highest BCUT2D eigenvalue weighted by Crippen LogP contribution is 2.27. The third kappa shape index (κ3) is 3.11. The fraction of sp³-hybridized carbons (Fsp3) is 0.500. The summed E-state index contributed by atoms with van der Waals surface area (Å²) >= 11 is 12.2. The third-order valence-corrected chi connectivity index (χ3v) is 3.61. The van der Waals surface area contributed by atoms with Gasteiger partial charge in [-0.05, 0) is 38.0 Å². The quantitative estimate of drug-likeness (QED) is 0.903. The van der Waals surface area contributed by atoms with E-state index in [2.05, 4.69) is 0 Å². The zero-order valence-corrected chi connectivity index (χ0v) is 11.3. The zero-order valence-electron chi connectivity index (χ0n) is 9.76. The summed E-state index contributed by atoms with van der Waals surface area (Å²) in [6, 6.07) is 5.29. The summed E-state index contributed by atoms with van der Waals surface area (Å²) in [4.78, 5) is 0. The molecular weight excluding hydrogens is 245 g/mol. The Bertz CT molecular complexity index is 346. The lowest BCUT2D eigenvalue weighted by molar-refractivity contribution is 0.000819. The average Bonchev–Trinajstić information content (AvgIpc) is 2.23. The molecule has 0 heterocycles. The monoisotopic (exact) mass is 261 g/mol. The molecule has 0 saturated carbocycles. The molecule has 0 aliphatic rings. The summed E-state index contributed by atoms with van der Waals surface area (Å²) < 4.78 is 5.34. The Kier molecular flexibility index (Phi) is 4.62. The number of benzene rings is 1. The molecule has 0 aliphatic carbocycles. The lowest BCUT2D eigenvalue weighted by Crippen LogP contribution is -2.46. The molecule has 0 saturated heterocycles. The van der Waals surface area contributed by atoms with E-state index in [-0.39, 0.29) is 6.04 Å². The fourth-order valence-corrected chi connectivity index (χ4v) is 1.90. The number of ether oxygens (including phenoxy) is 1. The second-order valence-electron chi connectivity index (χ2n) is 4.32. The van der Waals surface area contributed by atoms with Crippen molar-refractivity contribution in [3.63, 3.8) is 0 Å². The largest absolute Gasteiger partial charge is 0.377 e. The van der Waals surface area contributed by atoms with Crippen LogP contribution in [0.1, 0.15) is 19.4 Å². The number of methoxy groups -OCH3 is 1. The lowest BCUT2D eigenvalue weighted by Gasteiger charge is -2.30. The Labute approximate surface area is 107 Å². The minimum absolute atomic E-state index is 0.158. The molecule has 0 radical (unpaired) electrons. The van der Waals surface area contributed by atoms with E-state index in [1.165, 1.54) is 0 Å². The van der Waals surface area contributed by atoms with Crippen LogP contribution in [0, 0.1) is 0 Å². The Morgan fingerprint density at radius 1 is 1.31 bits per heavy atom. The van der Waals surface area contributed by atoms with Gasteiger partial charge in [0.15, 0.2) is 0 Å². The molecule has 0 fully saturated rings. The van der Waals surface area contributed by atoms with Crippen LogP contribution in [0.15, 0.2) is 18.2 Å². The fourth-order valence-electron chi connectivity index (χ4n) is 1.34. The van der Waals surface area contributed by atoms with Gasteiger partial charge in [0.05, 0.1) is 5.60 Å². The second kappa shape index (κ2) is 5.37. The minimum Gasteiger partial charge on any atom is -0.377 e. The third-order valence-electron chi connectivity index (χ3n) is 2.90. The number of rotatable bonds is 4. The first-order valence-electron chi connectivity index (χ1n) is 5.12. The molecule has 4 heteroatoms. The van der Waals surface area contributed by atoms with Crippen molar-refractivity contribution in [2.75, 3.05) is 7.11 Å². The smallest absolute Gasteiger partial charge is 0.0776 e. The molecule has 1 atom stereocenters. The van der Waals surface area contributed by atoms with E-state index in [0.717, 1.165) is 5.56 Å². The molecule has 2 nitrogen and oxygen atoms in total. The predicted octanol–water partition coefficient (Wildman–Crippen LogP) is 3.29. The van der Waals surface area contributed by atoms with Crippen LogP contribution in [0.3, 0.4) is 0 Å². The standard InChI is InChI=1S/C12H17Cl2NO/c1-12(2,16-3)11(15)7-8-9(13)5-4-6-10(8)14/h4-6,11H,7,15H2,1-3H3. The maximum Gasteiger partial charge on any atom is 0.0776 e. The Morgan fingerprint density at radius 3 is 2.25 bits per heavy atom. The van der Waals surface area contributed by atoms with Crippen molar-refractivity contribution in [1.29, 1.82) is 0 Å². The first-order chi connectivity index (χ1) is 7.38. The van der Waals surface area contributed by atoms with Crippen LogP contribution in [0.4, 0.5) is 0 Å². The second-order valence-corrected chi connectivity index (χ2v) is 5.13. The average molecular weight is 262 g/mol. The van der Waals surface area contributed by atoms with Crippen LogP contribution < -0.4 is 5.73 Å². The maximum atomic E-state index is 6.09. The molecule has 1 unspecified atom stereocenters. The predicted molar refractivity (Wildman–Crippen MR) is 69.2 cm³/mol. The highest BCUT2D eigenvalue weighted by molar-refractivity contribution is 6.36. The van der Waals surface area contributed by atoms with Crippen LogP contribution >= 0.6 is 23.2 Å². The highest BCUT2D eigenvalue weighted by atomic mass is 35.5. The number of hydrogen-bond donors (Lipinski definition) is 1. The van der Waals surface area contributed by atoms with Crippen molar-refractivity contribution in [3.8, 4) is 0 Å². The molecule has 1 rings (SSSR count). The van der Waals surface area contributed by atoms with E-state index in [9.17, 15) is 0 Å². The van der Waals surface area contributed by atoms with Gasteiger partial charge < -0.3 is 10.5 Å². The van der Waals surface area contributed by atoms with Gasteiger partial charge in [-0.15, -0.1) is 0 Å². The van der Waals surface area contributed by atoms with Crippen molar-refractivity contribution in [2.24, 2.45) is 5.73 Å². The van der Waals surface area contributed by atoms with E-state index >= 15 is 0 Å². The maximum absolute atomic E-state index is 6.09. The van der Waals surface area contributed by atoms with Crippen LogP contribution in [0.2, 0.25) is 10.0 Å². The van der Waals surface area contributed by atoms with Crippen molar-refractivity contribution < 1.29 is 4.74 Å². The van der Waals surface area contributed by atoms with Gasteiger partial charge in [0.2, 0.25) is 0 Å². The number of halogens is 2. The summed E-state index contributed by atoms with van der Waals surface area (Å²) in [5, 5.41) is 1.30. The van der Waals surface area contributed by atoms with E-state index in [1.54, 1.807) is 7.11 Å². The molecule has 2 N–H and O–H groups in total. The molecule has 16 heavy (non-hydrogen) atoms. The molecule has 0 amide bonds. The van der Waals surface area contributed by atoms with E-state index in [1.807, 2.05) is 32.0 Å². The first-order valence-corrected chi connectivity index (χ1v) is 5.87. The normalized spacial score (nSPS) is 13.9. The Balaban J connectivity index is 2.89. The van der Waals surface area contributed by atoms with Gasteiger partial charge in [0.1, 0.15) is 0 Å². The number of nitrogens with two attached hydrogens (primary N) is 1. The van der Waals surface area contributed by atoms with Gasteiger partial charge in [0, 0.05) is 23.2 Å². The van der Waals surface area contributed by atoms with Gasteiger partial charge in [-0.3, -0.25) is 0 Å². The first kappa shape index (κ1) is 13.8. The molecular formula is C12H17Cl2NO. The molecule has 0 aromatic heterocycles. The number of hydrogen-bond acceptors (Lipinski definition) is 2. The Morgan fingerprint density at radius 2 is 1.81 bits per heavy atom. The summed E-state index contributed by atoms with van der Waals surface area (Å²) in [7, 11) is 1.65. The Hall–Kier alpha value is -0.280. The van der Waals surface area contributed by atoms with Gasteiger partial charge >= 0.3 is 0 Å². The summed E-state index contributed by atoms with van der Waals surface area (Å²) in [5.41, 5.74) is 6.57. The van der Waals surface area contributed by atoms with Gasteiger partial charge in [-0.1, -0.05) is 29.3 Å². The van der Waals surface area contributed by atoms with Gasteiger partial charge in [0.25, 0.3) is 0 Å². The van der Waals surface area contributed by atoms with Crippen molar-refractivity contribution in [2.45, 2.75) is 31.9 Å². The SMILES string of the molecule is COC(C)(C)C(N)Cc1c(Cl)cccc1Cl. The summed E-state index contributed by atoms with van der Waals surface area (Å²) in [5.74, 6) is 0. The minimum atomic E-state index is -0.400. The topological polar surface area (TPSA) is 35.2 Å². The van der Waals surface area contributed by atoms with Crippen LogP contribution in [0.25, 0.3) is 0 Å². The highest BCUT2D eigenvalue weighted by Gasteiger charge is 2.27. The van der Waals surface area contributed by atoms with Crippen molar-refractivity contribution >= 4 is 23.2 Å². The van der Waals surface area contributed by atoms with Crippen LogP contribution in [0.5, 0.6) is 0 Å². The van der Waals surface area contributed by atoms with Crippen LogP contribution in [-0.4, -0.2) is 18.8 Å². The summed E-state index contributed by atoms with van der Waals surface area (Å²) in [6.45, 7) is 3.89. The van der Waals surface area contributed by atoms with Crippen molar-refractivity contribution in [1.82, 2.24) is 0 Å². The zero-order chi connectivity index (χ0) is 12.3. The molecule has 0 spiro atoms. The van der Waals surface area contributed by atoms with Gasteiger partial charge in [-0.2, -0.15) is 0 Å². The summed E-state index contributed by atoms with van der Waals surface area (Å²) in [6.07, 6.45) is 0.597. The van der Waals surface area contributed by atoms with E-state index in [0.29, 0.717) is 16.5 Å². The van der Waals surface area contributed by atoms with Crippen LogP contribution in [-0.2, 0) is 11.2 Å².